The van der Waals surface area contributed by atoms with Gasteiger partial charge in [0.15, 0.2) is 0 Å². The van der Waals surface area contributed by atoms with Gasteiger partial charge in [-0.1, -0.05) is 18.2 Å². The van der Waals surface area contributed by atoms with Crippen LogP contribution in [0.4, 0.5) is 14.5 Å². The summed E-state index contributed by atoms with van der Waals surface area (Å²) < 4.78 is 30.9. The third-order valence-corrected chi connectivity index (χ3v) is 4.47. The van der Waals surface area contributed by atoms with Crippen molar-refractivity contribution in [2.24, 2.45) is 7.05 Å². The van der Waals surface area contributed by atoms with Crippen LogP contribution in [0.25, 0.3) is 22.3 Å². The lowest BCUT2D eigenvalue weighted by Gasteiger charge is -2.13. The zero-order valence-electron chi connectivity index (χ0n) is 16.1. The van der Waals surface area contributed by atoms with Gasteiger partial charge in [-0.15, -0.1) is 0 Å². The Morgan fingerprint density at radius 2 is 1.97 bits per heavy atom. The maximum Gasteiger partial charge on any atom is 0.387 e. The molecule has 0 saturated heterocycles. The summed E-state index contributed by atoms with van der Waals surface area (Å²) in [6.45, 7) is -2.98. The van der Waals surface area contributed by atoms with E-state index in [1.54, 1.807) is 24.3 Å². The smallest absolute Gasteiger partial charge is 0.387 e. The molecule has 0 aliphatic carbocycles. The predicted molar refractivity (Wildman–Crippen MR) is 109 cm³/mol. The molecule has 0 spiro atoms. The number of aromatic nitrogens is 4. The van der Waals surface area contributed by atoms with Gasteiger partial charge in [-0.3, -0.25) is 19.1 Å². The summed E-state index contributed by atoms with van der Waals surface area (Å²) in [7, 11) is 1.52. The molecule has 156 valence electrons. The van der Waals surface area contributed by atoms with Gasteiger partial charge >= 0.3 is 6.61 Å². The maximum absolute atomic E-state index is 12.9. The molecule has 4 aromatic rings. The Morgan fingerprint density at radius 1 is 1.16 bits per heavy atom. The van der Waals surface area contributed by atoms with Crippen LogP contribution in [0.1, 0.15) is 10.5 Å². The number of nitrogens with one attached hydrogen (secondary N) is 1. The molecule has 0 aliphatic heterocycles. The summed E-state index contributed by atoms with van der Waals surface area (Å²) >= 11 is 0. The summed E-state index contributed by atoms with van der Waals surface area (Å²) in [5.41, 5.74) is 0.677. The van der Waals surface area contributed by atoms with E-state index in [1.807, 2.05) is 0 Å². The molecule has 4 rings (SSSR count). The van der Waals surface area contributed by atoms with Gasteiger partial charge in [-0.25, -0.2) is 9.97 Å². The quantitative estimate of drug-likeness (QED) is 0.529. The van der Waals surface area contributed by atoms with E-state index in [0.717, 1.165) is 0 Å². The fourth-order valence-electron chi connectivity index (χ4n) is 3.07. The molecule has 0 radical (unpaired) electrons. The number of nitrogens with zero attached hydrogens (tertiary/aromatic N) is 4. The number of hydrogen-bond donors (Lipinski definition) is 1. The maximum atomic E-state index is 12.9. The minimum Gasteiger partial charge on any atom is -0.435 e. The van der Waals surface area contributed by atoms with Crippen LogP contribution in [-0.4, -0.2) is 32.0 Å². The highest BCUT2D eigenvalue weighted by Gasteiger charge is 2.16. The molecule has 10 heteroatoms. The van der Waals surface area contributed by atoms with E-state index in [-0.39, 0.29) is 33.7 Å². The van der Waals surface area contributed by atoms with Gasteiger partial charge < -0.3 is 10.1 Å². The van der Waals surface area contributed by atoms with Gasteiger partial charge in [0.05, 0.1) is 17.3 Å². The lowest BCUT2D eigenvalue weighted by molar-refractivity contribution is -0.0498. The number of fused-ring (bicyclic) bond motifs is 1. The van der Waals surface area contributed by atoms with Crippen LogP contribution in [0.5, 0.6) is 5.75 Å². The molecule has 0 aliphatic rings. The van der Waals surface area contributed by atoms with Crippen molar-refractivity contribution >= 4 is 22.5 Å². The largest absolute Gasteiger partial charge is 0.435 e. The van der Waals surface area contributed by atoms with Crippen molar-refractivity contribution in [2.75, 3.05) is 5.32 Å². The fourth-order valence-corrected chi connectivity index (χ4v) is 3.07. The Labute approximate surface area is 174 Å². The van der Waals surface area contributed by atoms with Crippen molar-refractivity contribution < 1.29 is 18.3 Å². The zero-order valence-corrected chi connectivity index (χ0v) is 16.1. The number of halogens is 2. The van der Waals surface area contributed by atoms with Crippen LogP contribution < -0.4 is 15.6 Å². The average molecular weight is 423 g/mol. The molecule has 2 aromatic carbocycles. The average Bonchev–Trinajstić information content (AvgIpc) is 2.77. The number of benzene rings is 2. The Balaban J connectivity index is 1.82. The Bertz CT molecular complexity index is 1330. The van der Waals surface area contributed by atoms with E-state index in [9.17, 15) is 18.4 Å². The van der Waals surface area contributed by atoms with Crippen molar-refractivity contribution in [1.29, 1.82) is 0 Å². The number of amides is 1. The molecule has 31 heavy (non-hydrogen) atoms. The van der Waals surface area contributed by atoms with Gasteiger partial charge in [0, 0.05) is 25.0 Å². The second-order valence-electron chi connectivity index (χ2n) is 6.45. The SMILES string of the molecule is Cn1c(-c2cccc(OC(F)F)c2)nc2c(NC(=O)c3cnccn3)cccc2c1=O. The molecule has 0 atom stereocenters. The second-order valence-corrected chi connectivity index (χ2v) is 6.45. The summed E-state index contributed by atoms with van der Waals surface area (Å²) in [6.07, 6.45) is 4.14. The van der Waals surface area contributed by atoms with Gasteiger partial charge in [0.25, 0.3) is 11.5 Å². The summed E-state index contributed by atoms with van der Waals surface area (Å²) in [6, 6.07) is 10.7. The molecule has 2 aromatic heterocycles. The zero-order chi connectivity index (χ0) is 22.0. The van der Waals surface area contributed by atoms with Crippen LogP contribution in [0.15, 0.2) is 65.8 Å². The monoisotopic (exact) mass is 423 g/mol. The second kappa shape index (κ2) is 8.27. The van der Waals surface area contributed by atoms with Crippen LogP contribution in [0.3, 0.4) is 0 Å². The first-order chi connectivity index (χ1) is 14.9. The van der Waals surface area contributed by atoms with Gasteiger partial charge in [0.1, 0.15) is 22.8 Å². The topological polar surface area (TPSA) is 99.0 Å². The Morgan fingerprint density at radius 3 is 2.71 bits per heavy atom. The van der Waals surface area contributed by atoms with E-state index in [4.69, 9.17) is 0 Å². The van der Waals surface area contributed by atoms with Crippen molar-refractivity contribution in [2.45, 2.75) is 6.61 Å². The number of anilines is 1. The van der Waals surface area contributed by atoms with Crippen molar-refractivity contribution in [3.63, 3.8) is 0 Å². The highest BCUT2D eigenvalue weighted by atomic mass is 19.3. The highest BCUT2D eigenvalue weighted by Crippen LogP contribution is 2.26. The Hall–Kier alpha value is -4.21. The van der Waals surface area contributed by atoms with Gasteiger partial charge in [-0.2, -0.15) is 8.78 Å². The van der Waals surface area contributed by atoms with E-state index in [2.05, 4.69) is 25.0 Å². The van der Waals surface area contributed by atoms with Crippen LogP contribution in [0, 0.1) is 0 Å². The van der Waals surface area contributed by atoms with E-state index in [1.165, 1.54) is 48.4 Å². The molecule has 1 N–H and O–H groups in total. The predicted octanol–water partition coefficient (Wildman–Crippen LogP) is 3.24. The minimum atomic E-state index is -2.98. The summed E-state index contributed by atoms with van der Waals surface area (Å²) in [4.78, 5) is 37.8. The molecule has 1 amide bonds. The fraction of sp³-hybridized carbons (Fsp3) is 0.0952. The summed E-state index contributed by atoms with van der Waals surface area (Å²) in [5, 5.41) is 2.97. The Kier molecular flexibility index (Phi) is 5.35. The first-order valence-electron chi connectivity index (χ1n) is 9.06. The van der Waals surface area contributed by atoms with E-state index < -0.39 is 12.5 Å². The van der Waals surface area contributed by atoms with Crippen molar-refractivity contribution in [1.82, 2.24) is 19.5 Å². The molecule has 0 unspecified atom stereocenters. The number of rotatable bonds is 5. The highest BCUT2D eigenvalue weighted by molar-refractivity contribution is 6.07. The number of hydrogen-bond acceptors (Lipinski definition) is 6. The third-order valence-electron chi connectivity index (χ3n) is 4.47. The molecule has 2 heterocycles. The number of carbonyl (C=O) groups excluding carboxylic acids is 1. The first-order valence-corrected chi connectivity index (χ1v) is 9.06. The molecule has 0 fully saturated rings. The number of carbonyl (C=O) groups is 1. The number of para-hydroxylation sites is 1. The summed E-state index contributed by atoms with van der Waals surface area (Å²) in [5.74, 6) is -0.360. The number of ether oxygens (including phenoxy) is 1. The first kappa shape index (κ1) is 20.1. The van der Waals surface area contributed by atoms with Crippen molar-refractivity contribution in [3.8, 4) is 17.1 Å². The van der Waals surface area contributed by atoms with Gasteiger partial charge in [-0.05, 0) is 24.3 Å². The van der Waals surface area contributed by atoms with Crippen molar-refractivity contribution in [3.05, 3.63) is 77.1 Å². The standard InChI is InChI=1S/C21H15F2N5O3/c1-28-18(12-4-2-5-13(10-12)31-21(22)23)27-17-14(20(28)30)6-3-7-15(17)26-19(29)16-11-24-8-9-25-16/h2-11,21H,1H3,(H,26,29). The van der Waals surface area contributed by atoms with Crippen LogP contribution in [0.2, 0.25) is 0 Å². The third kappa shape index (κ3) is 4.08. The van der Waals surface area contributed by atoms with Gasteiger partial charge in [0.2, 0.25) is 0 Å². The van der Waals surface area contributed by atoms with Crippen LogP contribution >= 0.6 is 0 Å². The normalized spacial score (nSPS) is 11.0. The molecular formula is C21H15F2N5O3. The van der Waals surface area contributed by atoms with Crippen LogP contribution in [-0.2, 0) is 7.05 Å². The molecule has 8 nitrogen and oxygen atoms in total. The lowest BCUT2D eigenvalue weighted by atomic mass is 10.1. The molecular weight excluding hydrogens is 408 g/mol. The minimum absolute atomic E-state index is 0.0638. The molecule has 0 saturated carbocycles. The lowest BCUT2D eigenvalue weighted by Crippen LogP contribution is -2.21. The molecule has 0 bridgehead atoms. The number of alkyl halides is 2. The van der Waals surface area contributed by atoms with E-state index in [0.29, 0.717) is 11.3 Å². The van der Waals surface area contributed by atoms with E-state index >= 15 is 0 Å².